The van der Waals surface area contributed by atoms with Crippen molar-refractivity contribution in [1.29, 1.82) is 0 Å². The molecule has 0 aliphatic carbocycles. The van der Waals surface area contributed by atoms with Gasteiger partial charge in [-0.05, 0) is 39.8 Å². The van der Waals surface area contributed by atoms with E-state index in [9.17, 15) is 0 Å². The summed E-state index contributed by atoms with van der Waals surface area (Å²) in [6.45, 7) is 11.2. The van der Waals surface area contributed by atoms with Gasteiger partial charge in [0.15, 0.2) is 5.96 Å². The quantitative estimate of drug-likeness (QED) is 0.257. The van der Waals surface area contributed by atoms with Gasteiger partial charge >= 0.3 is 0 Å². The van der Waals surface area contributed by atoms with E-state index in [1.807, 2.05) is 12.1 Å². The second kappa shape index (κ2) is 12.1. The van der Waals surface area contributed by atoms with Crippen molar-refractivity contribution in [2.24, 2.45) is 4.99 Å². The fourth-order valence-electron chi connectivity index (χ4n) is 2.22. The Morgan fingerprint density at radius 1 is 1.15 bits per heavy atom. The lowest BCUT2D eigenvalue weighted by Gasteiger charge is -2.12. The Morgan fingerprint density at radius 2 is 1.88 bits per heavy atom. The highest BCUT2D eigenvalue weighted by atomic mass is 127. The average molecular weight is 488 g/mol. The Labute approximate surface area is 177 Å². The molecule has 5 nitrogen and oxygen atoms in total. The molecule has 0 aliphatic heterocycles. The summed E-state index contributed by atoms with van der Waals surface area (Å²) in [5.74, 6) is 1.71. The molecule has 0 aliphatic rings. The van der Waals surface area contributed by atoms with Gasteiger partial charge in [-0.25, -0.2) is 4.98 Å². The van der Waals surface area contributed by atoms with Crippen LogP contribution in [0, 0.1) is 20.8 Å². The maximum absolute atomic E-state index is 5.73. The van der Waals surface area contributed by atoms with Crippen LogP contribution in [0.4, 0.5) is 0 Å². The molecule has 1 aromatic heterocycles. The molecule has 1 aromatic carbocycles. The summed E-state index contributed by atoms with van der Waals surface area (Å²) < 4.78 is 5.73. The molecule has 144 valence electrons. The number of hydrogen-bond donors (Lipinski definition) is 2. The first-order chi connectivity index (χ1) is 12.1. The summed E-state index contributed by atoms with van der Waals surface area (Å²) in [5, 5.41) is 7.71. The summed E-state index contributed by atoms with van der Waals surface area (Å²) in [6, 6.07) is 8.09. The second-order valence-corrected chi connectivity index (χ2v) is 7.14. The summed E-state index contributed by atoms with van der Waals surface area (Å²) in [6.07, 6.45) is 0.871. The number of rotatable bonds is 8. The maximum atomic E-state index is 5.73. The van der Waals surface area contributed by atoms with Crippen LogP contribution in [0.3, 0.4) is 0 Å². The standard InChI is InChI=1S/C19H28N4OS.HI/c1-5-20-19(21-11-10-18-23-15(3)16(4)25-18)22-12-13-24-17-8-6-14(2)7-9-17;/h6-9H,5,10-13H2,1-4H3,(H2,20,21,22);1H. The highest BCUT2D eigenvalue weighted by molar-refractivity contribution is 14.0. The molecule has 2 rings (SSSR count). The number of ether oxygens (including phenoxy) is 1. The van der Waals surface area contributed by atoms with Crippen molar-refractivity contribution in [3.05, 3.63) is 45.4 Å². The third kappa shape index (κ3) is 7.90. The van der Waals surface area contributed by atoms with E-state index in [0.717, 1.165) is 41.9 Å². The molecular weight excluding hydrogens is 459 g/mol. The van der Waals surface area contributed by atoms with Crippen molar-refractivity contribution in [3.63, 3.8) is 0 Å². The van der Waals surface area contributed by atoms with Crippen LogP contribution in [-0.2, 0) is 6.42 Å². The van der Waals surface area contributed by atoms with Gasteiger partial charge in [-0.3, -0.25) is 4.99 Å². The molecule has 26 heavy (non-hydrogen) atoms. The number of halogens is 1. The van der Waals surface area contributed by atoms with E-state index in [1.165, 1.54) is 10.4 Å². The van der Waals surface area contributed by atoms with E-state index >= 15 is 0 Å². The smallest absolute Gasteiger partial charge is 0.191 e. The zero-order valence-electron chi connectivity index (χ0n) is 16.0. The average Bonchev–Trinajstić information content (AvgIpc) is 2.91. The Balaban J connectivity index is 0.00000338. The van der Waals surface area contributed by atoms with Gasteiger partial charge in [0, 0.05) is 24.4 Å². The second-order valence-electron chi connectivity index (χ2n) is 5.85. The zero-order valence-corrected chi connectivity index (χ0v) is 19.1. The number of aliphatic imine (C=N–C) groups is 1. The number of hydrogen-bond acceptors (Lipinski definition) is 4. The molecular formula is C19H29IN4OS. The van der Waals surface area contributed by atoms with Crippen LogP contribution in [0.25, 0.3) is 0 Å². The molecule has 0 spiro atoms. The van der Waals surface area contributed by atoms with Gasteiger partial charge in [0.05, 0.1) is 17.2 Å². The number of nitrogens with one attached hydrogen (secondary N) is 2. The minimum atomic E-state index is 0. The monoisotopic (exact) mass is 488 g/mol. The largest absolute Gasteiger partial charge is 0.492 e. The van der Waals surface area contributed by atoms with Crippen LogP contribution < -0.4 is 15.4 Å². The highest BCUT2D eigenvalue weighted by Gasteiger charge is 2.03. The zero-order chi connectivity index (χ0) is 18.1. The molecule has 2 aromatic rings. The van der Waals surface area contributed by atoms with Crippen LogP contribution >= 0.6 is 35.3 Å². The lowest BCUT2D eigenvalue weighted by Crippen LogP contribution is -2.39. The summed E-state index contributed by atoms with van der Waals surface area (Å²) in [5.41, 5.74) is 2.36. The lowest BCUT2D eigenvalue weighted by atomic mass is 10.2. The summed E-state index contributed by atoms with van der Waals surface area (Å²) in [4.78, 5) is 10.5. The Kier molecular flexibility index (Phi) is 10.6. The van der Waals surface area contributed by atoms with Crippen LogP contribution in [0.15, 0.2) is 29.3 Å². The van der Waals surface area contributed by atoms with E-state index in [0.29, 0.717) is 13.2 Å². The van der Waals surface area contributed by atoms with Gasteiger partial charge in [0.1, 0.15) is 12.4 Å². The van der Waals surface area contributed by atoms with Gasteiger partial charge < -0.3 is 15.4 Å². The number of benzene rings is 1. The van der Waals surface area contributed by atoms with Gasteiger partial charge in [0.25, 0.3) is 0 Å². The third-order valence-electron chi connectivity index (χ3n) is 3.70. The van der Waals surface area contributed by atoms with Crippen molar-refractivity contribution in [2.45, 2.75) is 34.1 Å². The Hall–Kier alpha value is -1.35. The predicted octanol–water partition coefficient (Wildman–Crippen LogP) is 3.86. The van der Waals surface area contributed by atoms with Crippen LogP contribution in [0.1, 0.15) is 28.1 Å². The van der Waals surface area contributed by atoms with E-state index in [2.05, 4.69) is 60.4 Å². The Bertz CT molecular complexity index is 666. The molecule has 0 saturated carbocycles. The van der Waals surface area contributed by atoms with E-state index in [4.69, 9.17) is 4.74 Å². The number of guanidine groups is 1. The maximum Gasteiger partial charge on any atom is 0.191 e. The van der Waals surface area contributed by atoms with Gasteiger partial charge in [-0.1, -0.05) is 17.7 Å². The third-order valence-corrected chi connectivity index (χ3v) is 4.83. The topological polar surface area (TPSA) is 58.5 Å². The molecule has 0 amide bonds. The van der Waals surface area contributed by atoms with Gasteiger partial charge in [0.2, 0.25) is 0 Å². The van der Waals surface area contributed by atoms with Crippen LogP contribution in [0.5, 0.6) is 5.75 Å². The molecule has 2 N–H and O–H groups in total. The molecule has 0 saturated heterocycles. The number of nitrogens with zero attached hydrogens (tertiary/aromatic N) is 2. The molecule has 0 atom stereocenters. The van der Waals surface area contributed by atoms with Crippen molar-refractivity contribution in [1.82, 2.24) is 15.6 Å². The SMILES string of the molecule is CCNC(=NCCc1nc(C)c(C)s1)NCCOc1ccc(C)cc1.I. The Morgan fingerprint density at radius 3 is 2.50 bits per heavy atom. The molecule has 7 heteroatoms. The fraction of sp³-hybridized carbons (Fsp3) is 0.474. The van der Waals surface area contributed by atoms with Crippen molar-refractivity contribution >= 4 is 41.3 Å². The molecule has 0 fully saturated rings. The summed E-state index contributed by atoms with van der Waals surface area (Å²) >= 11 is 1.76. The number of aromatic nitrogens is 1. The van der Waals surface area contributed by atoms with E-state index in [1.54, 1.807) is 11.3 Å². The molecule has 0 unspecified atom stereocenters. The predicted molar refractivity (Wildman–Crippen MR) is 121 cm³/mol. The molecule has 0 radical (unpaired) electrons. The number of aryl methyl sites for hydroxylation is 3. The van der Waals surface area contributed by atoms with Crippen molar-refractivity contribution in [3.8, 4) is 5.75 Å². The lowest BCUT2D eigenvalue weighted by molar-refractivity contribution is 0.322. The van der Waals surface area contributed by atoms with Gasteiger partial charge in [-0.2, -0.15) is 0 Å². The number of thiazole rings is 1. The fourth-order valence-corrected chi connectivity index (χ4v) is 3.15. The first-order valence-corrected chi connectivity index (χ1v) is 9.54. The molecule has 1 heterocycles. The van der Waals surface area contributed by atoms with Gasteiger partial charge in [-0.15, -0.1) is 35.3 Å². The first kappa shape index (κ1) is 22.7. The van der Waals surface area contributed by atoms with Crippen molar-refractivity contribution in [2.75, 3.05) is 26.2 Å². The van der Waals surface area contributed by atoms with E-state index < -0.39 is 0 Å². The van der Waals surface area contributed by atoms with Crippen LogP contribution in [0.2, 0.25) is 0 Å². The van der Waals surface area contributed by atoms with Crippen LogP contribution in [-0.4, -0.2) is 37.2 Å². The minimum Gasteiger partial charge on any atom is -0.492 e. The summed E-state index contributed by atoms with van der Waals surface area (Å²) in [7, 11) is 0. The first-order valence-electron chi connectivity index (χ1n) is 8.73. The highest BCUT2D eigenvalue weighted by Crippen LogP contribution is 2.16. The minimum absolute atomic E-state index is 0. The normalized spacial score (nSPS) is 11.0. The van der Waals surface area contributed by atoms with E-state index in [-0.39, 0.29) is 24.0 Å². The molecule has 0 bridgehead atoms. The van der Waals surface area contributed by atoms with Crippen molar-refractivity contribution < 1.29 is 4.74 Å².